The summed E-state index contributed by atoms with van der Waals surface area (Å²) in [5, 5.41) is 0. The minimum Gasteiger partial charge on any atom is -0.462 e. The summed E-state index contributed by atoms with van der Waals surface area (Å²) >= 11 is 0. The van der Waals surface area contributed by atoms with Crippen LogP contribution in [-0.2, 0) is 28.6 Å². The average Bonchev–Trinajstić information content (AvgIpc) is 3.46. The summed E-state index contributed by atoms with van der Waals surface area (Å²) < 4.78 is 16.9. The SMILES string of the molecule is CC/C=C\C/C=C\C/C=C\C/C=C\C/C=C\CCCCCCCCCCCC(=O)OCC(COC(=O)CCCCCCC/C=C\C/C=C\CCCC)OC(=O)CCCCCCCCC/C=C\C/C=C\C/C=C\C/C=C\C/C=C\CC. The van der Waals surface area contributed by atoms with Gasteiger partial charge in [-0.05, 0) is 135 Å². The van der Waals surface area contributed by atoms with Gasteiger partial charge in [-0.3, -0.25) is 14.4 Å². The van der Waals surface area contributed by atoms with Crippen molar-refractivity contribution >= 4 is 17.9 Å². The van der Waals surface area contributed by atoms with Crippen LogP contribution in [0.4, 0.5) is 0 Å². The molecule has 0 aliphatic carbocycles. The van der Waals surface area contributed by atoms with Crippen LogP contribution in [0.15, 0.2) is 146 Å². The van der Waals surface area contributed by atoms with Gasteiger partial charge in [0.1, 0.15) is 13.2 Å². The highest BCUT2D eigenvalue weighted by molar-refractivity contribution is 5.71. The van der Waals surface area contributed by atoms with Crippen LogP contribution >= 0.6 is 0 Å². The Labute approximate surface area is 493 Å². The number of ether oxygens (including phenoxy) is 3. The summed E-state index contributed by atoms with van der Waals surface area (Å²) in [6.07, 6.45) is 95.6. The molecule has 0 radical (unpaired) electrons. The van der Waals surface area contributed by atoms with Crippen LogP contribution in [0.5, 0.6) is 0 Å². The van der Waals surface area contributed by atoms with Crippen molar-refractivity contribution in [2.75, 3.05) is 13.2 Å². The molecule has 0 aliphatic rings. The van der Waals surface area contributed by atoms with Gasteiger partial charge in [0.15, 0.2) is 6.10 Å². The second kappa shape index (κ2) is 66.8. The van der Waals surface area contributed by atoms with Crippen LogP contribution in [-0.4, -0.2) is 37.2 Å². The minimum atomic E-state index is -0.801. The Balaban J connectivity index is 4.41. The third kappa shape index (κ3) is 64.1. The predicted octanol–water partition coefficient (Wildman–Crippen LogP) is 22.7. The Morgan fingerprint density at radius 3 is 0.762 bits per heavy atom. The van der Waals surface area contributed by atoms with Crippen molar-refractivity contribution in [3.8, 4) is 0 Å². The van der Waals surface area contributed by atoms with Gasteiger partial charge in [0.05, 0.1) is 0 Å². The molecule has 0 fully saturated rings. The van der Waals surface area contributed by atoms with E-state index < -0.39 is 6.10 Å². The van der Waals surface area contributed by atoms with E-state index in [0.717, 1.165) is 167 Å². The maximum absolute atomic E-state index is 12.9. The quantitative estimate of drug-likeness (QED) is 0.0261. The average molecular weight is 1110 g/mol. The number of hydrogen-bond acceptors (Lipinski definition) is 6. The lowest BCUT2D eigenvalue weighted by Crippen LogP contribution is -2.30. The van der Waals surface area contributed by atoms with Gasteiger partial charge in [0.25, 0.3) is 0 Å². The summed E-state index contributed by atoms with van der Waals surface area (Å²) in [6, 6.07) is 0. The number of hydrogen-bond donors (Lipinski definition) is 0. The molecule has 80 heavy (non-hydrogen) atoms. The maximum Gasteiger partial charge on any atom is 0.306 e. The van der Waals surface area contributed by atoms with Gasteiger partial charge in [-0.15, -0.1) is 0 Å². The zero-order chi connectivity index (χ0) is 57.8. The van der Waals surface area contributed by atoms with Crippen molar-refractivity contribution in [3.05, 3.63) is 146 Å². The molecule has 0 amide bonds. The fraction of sp³-hybridized carbons (Fsp3) is 0.635. The number of unbranched alkanes of at least 4 members (excludes halogenated alkanes) is 23. The van der Waals surface area contributed by atoms with E-state index in [1.165, 1.54) is 77.0 Å². The van der Waals surface area contributed by atoms with E-state index in [-0.39, 0.29) is 31.1 Å². The summed E-state index contributed by atoms with van der Waals surface area (Å²) in [4.78, 5) is 38.4. The minimum absolute atomic E-state index is 0.0951. The van der Waals surface area contributed by atoms with Gasteiger partial charge in [-0.2, -0.15) is 0 Å². The number of rotatable bonds is 58. The fourth-order valence-electron chi connectivity index (χ4n) is 8.69. The molecular weight excluding hydrogens is 985 g/mol. The van der Waals surface area contributed by atoms with Gasteiger partial charge < -0.3 is 14.2 Å². The van der Waals surface area contributed by atoms with Crippen molar-refractivity contribution in [1.29, 1.82) is 0 Å². The van der Waals surface area contributed by atoms with Crippen molar-refractivity contribution in [1.82, 2.24) is 0 Å². The molecular formula is C74H120O6. The fourth-order valence-corrected chi connectivity index (χ4v) is 8.69. The Morgan fingerprint density at radius 1 is 0.263 bits per heavy atom. The first-order valence-corrected chi connectivity index (χ1v) is 32.8. The van der Waals surface area contributed by atoms with Crippen molar-refractivity contribution in [3.63, 3.8) is 0 Å². The number of carbonyl (C=O) groups excluding carboxylic acids is 3. The highest BCUT2D eigenvalue weighted by atomic mass is 16.6. The Bertz CT molecular complexity index is 1750. The van der Waals surface area contributed by atoms with Crippen LogP contribution < -0.4 is 0 Å². The van der Waals surface area contributed by atoms with Crippen molar-refractivity contribution in [2.45, 2.75) is 290 Å². The lowest BCUT2D eigenvalue weighted by atomic mass is 10.1. The first kappa shape index (κ1) is 75.3. The van der Waals surface area contributed by atoms with E-state index in [4.69, 9.17) is 14.2 Å². The van der Waals surface area contributed by atoms with E-state index in [9.17, 15) is 14.4 Å². The van der Waals surface area contributed by atoms with Crippen LogP contribution in [0.2, 0.25) is 0 Å². The van der Waals surface area contributed by atoms with Gasteiger partial charge in [-0.1, -0.05) is 276 Å². The number of esters is 3. The molecule has 0 aliphatic heterocycles. The third-order valence-corrected chi connectivity index (χ3v) is 13.6. The smallest absolute Gasteiger partial charge is 0.306 e. The van der Waals surface area contributed by atoms with E-state index in [1.807, 2.05) is 0 Å². The normalized spacial score (nSPS) is 13.1. The Hall–Kier alpha value is -4.71. The molecule has 0 aromatic heterocycles. The molecule has 0 saturated heterocycles. The van der Waals surface area contributed by atoms with Crippen molar-refractivity contribution < 1.29 is 28.6 Å². The first-order valence-electron chi connectivity index (χ1n) is 32.8. The molecule has 0 N–H and O–H groups in total. The van der Waals surface area contributed by atoms with Crippen molar-refractivity contribution in [2.24, 2.45) is 0 Å². The first-order chi connectivity index (χ1) is 39.5. The van der Waals surface area contributed by atoms with Gasteiger partial charge in [-0.25, -0.2) is 0 Å². The Kier molecular flexibility index (Phi) is 62.9. The summed E-state index contributed by atoms with van der Waals surface area (Å²) in [6.45, 7) is 6.35. The Morgan fingerprint density at radius 2 is 0.487 bits per heavy atom. The molecule has 0 aromatic rings. The van der Waals surface area contributed by atoms with Crippen LogP contribution in [0.3, 0.4) is 0 Å². The van der Waals surface area contributed by atoms with Gasteiger partial charge in [0, 0.05) is 19.3 Å². The molecule has 6 heteroatoms. The summed E-state index contributed by atoms with van der Waals surface area (Å²) in [5.74, 6) is -0.924. The van der Waals surface area contributed by atoms with Gasteiger partial charge >= 0.3 is 17.9 Å². The van der Waals surface area contributed by atoms with Crippen LogP contribution in [0.1, 0.15) is 284 Å². The molecule has 452 valence electrons. The molecule has 0 aromatic carbocycles. The zero-order valence-corrected chi connectivity index (χ0v) is 51.8. The topological polar surface area (TPSA) is 78.9 Å². The van der Waals surface area contributed by atoms with E-state index in [1.54, 1.807) is 0 Å². The molecule has 0 saturated carbocycles. The highest BCUT2D eigenvalue weighted by Gasteiger charge is 2.19. The predicted molar refractivity (Wildman–Crippen MR) is 348 cm³/mol. The second-order valence-corrected chi connectivity index (χ2v) is 21.3. The number of carbonyl (C=O) groups is 3. The van der Waals surface area contributed by atoms with Gasteiger partial charge in [0.2, 0.25) is 0 Å². The molecule has 1 unspecified atom stereocenters. The third-order valence-electron chi connectivity index (χ3n) is 13.6. The second-order valence-electron chi connectivity index (χ2n) is 21.3. The van der Waals surface area contributed by atoms with E-state index >= 15 is 0 Å². The highest BCUT2D eigenvalue weighted by Crippen LogP contribution is 2.15. The zero-order valence-electron chi connectivity index (χ0n) is 51.8. The summed E-state index contributed by atoms with van der Waals surface area (Å²) in [5.41, 5.74) is 0. The maximum atomic E-state index is 12.9. The lowest BCUT2D eigenvalue weighted by Gasteiger charge is -2.18. The molecule has 6 nitrogen and oxygen atoms in total. The number of allylic oxidation sites excluding steroid dienone is 24. The summed E-state index contributed by atoms with van der Waals surface area (Å²) in [7, 11) is 0. The monoisotopic (exact) mass is 1100 g/mol. The molecule has 0 spiro atoms. The molecule has 0 rings (SSSR count). The van der Waals surface area contributed by atoms with Crippen LogP contribution in [0, 0.1) is 0 Å². The van der Waals surface area contributed by atoms with E-state index in [0.29, 0.717) is 19.3 Å². The van der Waals surface area contributed by atoms with E-state index in [2.05, 4.69) is 167 Å². The standard InChI is InChI=1S/C74H120O6/c1-4-7-10-13-16-19-22-25-28-30-32-34-36-37-39-40-42-44-46-49-52-55-58-61-64-67-73(76)79-70-71(69-78-72(75)66-63-60-57-54-51-48-27-24-21-18-15-12-9-6-3)80-74(77)68-65-62-59-56-53-50-47-45-43-41-38-35-33-31-29-26-23-20-17-14-11-8-5-2/h7-8,10-11,15-20,24-29,32-35,37,39,41,43,71H,4-6,9,12-14,21-23,30-31,36,38,40,42,44-70H2,1-3H3/b10-7-,11-8-,18-15-,19-16-,20-17-,27-24-,28-25-,29-26-,34-32-,35-33-,39-37-,43-41-. The van der Waals surface area contributed by atoms with Crippen LogP contribution in [0.25, 0.3) is 0 Å². The lowest BCUT2D eigenvalue weighted by molar-refractivity contribution is -0.167. The molecule has 0 bridgehead atoms. The molecule has 0 heterocycles. The molecule has 1 atom stereocenters. The largest absolute Gasteiger partial charge is 0.462 e.